The zero-order chi connectivity index (χ0) is 21.5. The summed E-state index contributed by atoms with van der Waals surface area (Å²) < 4.78 is 38.0. The van der Waals surface area contributed by atoms with Crippen molar-refractivity contribution < 1.29 is 23.0 Å². The Hall–Kier alpha value is -2.67. The van der Waals surface area contributed by atoms with Crippen molar-refractivity contribution in [3.05, 3.63) is 65.7 Å². The van der Waals surface area contributed by atoms with Gasteiger partial charge in [0.2, 0.25) is 0 Å². The molecule has 0 radical (unpaired) electrons. The topological polar surface area (TPSA) is 50.8 Å². The molecule has 3 rings (SSSR count). The number of hydrogen-bond acceptors (Lipinski definition) is 4. The molecular weight excluding hydrogens is 390 g/mol. The van der Waals surface area contributed by atoms with Gasteiger partial charge in [0.25, 0.3) is 6.43 Å². The second kappa shape index (κ2) is 10.4. The molecule has 1 aliphatic heterocycles. The van der Waals surface area contributed by atoms with E-state index in [1.165, 1.54) is 4.90 Å². The number of nitrogens with zero attached hydrogens (tertiary/aromatic N) is 1. The maximum Gasteiger partial charge on any atom is 0.410 e. The SMILES string of the molecule is CC[C@H]1[C@@H](NCc2ccc(OC)cc2)C[C@@H](C(F)F)N1C(=O)OCc1ccccc1. The highest BCUT2D eigenvalue weighted by molar-refractivity contribution is 5.69. The van der Waals surface area contributed by atoms with E-state index in [1.54, 1.807) is 7.11 Å². The summed E-state index contributed by atoms with van der Waals surface area (Å²) >= 11 is 0. The van der Waals surface area contributed by atoms with E-state index >= 15 is 0 Å². The highest BCUT2D eigenvalue weighted by atomic mass is 19.3. The second-order valence-electron chi connectivity index (χ2n) is 7.40. The maximum absolute atomic E-state index is 13.8. The van der Waals surface area contributed by atoms with Crippen molar-refractivity contribution in [2.75, 3.05) is 7.11 Å². The fraction of sp³-hybridized carbons (Fsp3) is 0.435. The van der Waals surface area contributed by atoms with Crippen LogP contribution in [0.4, 0.5) is 13.6 Å². The smallest absolute Gasteiger partial charge is 0.410 e. The van der Waals surface area contributed by atoms with E-state index in [0.29, 0.717) is 13.0 Å². The third kappa shape index (κ3) is 5.27. The minimum atomic E-state index is -2.63. The lowest BCUT2D eigenvalue weighted by Crippen LogP contribution is -2.47. The normalized spacial score (nSPS) is 21.1. The fourth-order valence-electron chi connectivity index (χ4n) is 3.95. The van der Waals surface area contributed by atoms with Crippen molar-refractivity contribution in [1.29, 1.82) is 0 Å². The molecule has 3 atom stereocenters. The molecule has 0 bridgehead atoms. The average Bonchev–Trinajstić information content (AvgIpc) is 3.16. The van der Waals surface area contributed by atoms with Crippen LogP contribution in [0.15, 0.2) is 54.6 Å². The molecule has 5 nitrogen and oxygen atoms in total. The molecule has 30 heavy (non-hydrogen) atoms. The highest BCUT2D eigenvalue weighted by Crippen LogP contribution is 2.32. The van der Waals surface area contributed by atoms with Crippen LogP contribution in [0.5, 0.6) is 5.75 Å². The number of carbonyl (C=O) groups excluding carboxylic acids is 1. The predicted molar refractivity (Wildman–Crippen MR) is 111 cm³/mol. The predicted octanol–water partition coefficient (Wildman–Crippen LogP) is 4.61. The van der Waals surface area contributed by atoms with Crippen LogP contribution in [0.3, 0.4) is 0 Å². The minimum absolute atomic E-state index is 0.0620. The molecule has 0 aliphatic carbocycles. The Labute approximate surface area is 176 Å². The van der Waals surface area contributed by atoms with E-state index in [2.05, 4.69) is 5.32 Å². The van der Waals surface area contributed by atoms with Crippen molar-refractivity contribution in [1.82, 2.24) is 10.2 Å². The Morgan fingerprint density at radius 1 is 1.13 bits per heavy atom. The minimum Gasteiger partial charge on any atom is -0.497 e. The van der Waals surface area contributed by atoms with Crippen LogP contribution in [0.2, 0.25) is 0 Å². The Balaban J connectivity index is 1.65. The number of ether oxygens (including phenoxy) is 2. The lowest BCUT2D eigenvalue weighted by molar-refractivity contribution is 0.0195. The van der Waals surface area contributed by atoms with Crippen molar-refractivity contribution in [2.24, 2.45) is 0 Å². The molecule has 1 fully saturated rings. The molecule has 0 aromatic heterocycles. The van der Waals surface area contributed by atoms with Gasteiger partial charge in [-0.1, -0.05) is 49.4 Å². The third-order valence-corrected chi connectivity index (χ3v) is 5.53. The quantitative estimate of drug-likeness (QED) is 0.680. The molecule has 0 spiro atoms. The van der Waals surface area contributed by atoms with Gasteiger partial charge in [0, 0.05) is 12.6 Å². The molecule has 1 heterocycles. The number of likely N-dealkylation sites (tertiary alicyclic amines) is 1. The van der Waals surface area contributed by atoms with Crippen LogP contribution in [0.25, 0.3) is 0 Å². The van der Waals surface area contributed by atoms with E-state index in [9.17, 15) is 13.6 Å². The van der Waals surface area contributed by atoms with Crippen LogP contribution in [0.1, 0.15) is 30.9 Å². The lowest BCUT2D eigenvalue weighted by atomic mass is 10.1. The van der Waals surface area contributed by atoms with Crippen molar-refractivity contribution in [2.45, 2.75) is 57.5 Å². The van der Waals surface area contributed by atoms with Gasteiger partial charge in [-0.3, -0.25) is 4.90 Å². The van der Waals surface area contributed by atoms with Crippen LogP contribution in [-0.4, -0.2) is 42.7 Å². The molecule has 0 saturated carbocycles. The summed E-state index contributed by atoms with van der Waals surface area (Å²) in [7, 11) is 1.60. The summed E-state index contributed by atoms with van der Waals surface area (Å²) in [5.74, 6) is 0.760. The van der Waals surface area contributed by atoms with E-state index < -0.39 is 18.6 Å². The summed E-state index contributed by atoms with van der Waals surface area (Å²) in [6.07, 6.45) is -2.57. The Morgan fingerprint density at radius 3 is 2.43 bits per heavy atom. The standard InChI is InChI=1S/C23H28F2N2O3/c1-3-20-19(26-14-16-9-11-18(29-2)12-10-16)13-21(22(24)25)27(20)23(28)30-15-17-7-5-4-6-8-17/h4-12,19-22,26H,3,13-15H2,1-2H3/t19-,20-,21-/m0/s1. The number of rotatable bonds is 8. The largest absolute Gasteiger partial charge is 0.497 e. The molecule has 1 aliphatic rings. The molecule has 1 amide bonds. The van der Waals surface area contributed by atoms with Gasteiger partial charge in [-0.15, -0.1) is 0 Å². The molecule has 162 valence electrons. The Bertz CT molecular complexity index is 802. The van der Waals surface area contributed by atoms with Gasteiger partial charge in [0.05, 0.1) is 19.2 Å². The zero-order valence-electron chi connectivity index (χ0n) is 17.3. The molecule has 2 aromatic rings. The lowest BCUT2D eigenvalue weighted by Gasteiger charge is -2.30. The molecule has 1 N–H and O–H groups in total. The van der Waals surface area contributed by atoms with E-state index in [1.807, 2.05) is 61.5 Å². The number of methoxy groups -OCH3 is 1. The van der Waals surface area contributed by atoms with Crippen LogP contribution >= 0.6 is 0 Å². The monoisotopic (exact) mass is 418 g/mol. The van der Waals surface area contributed by atoms with Gasteiger partial charge in [-0.25, -0.2) is 13.6 Å². The second-order valence-corrected chi connectivity index (χ2v) is 7.40. The van der Waals surface area contributed by atoms with Gasteiger partial charge < -0.3 is 14.8 Å². The first-order chi connectivity index (χ1) is 14.5. The number of nitrogens with one attached hydrogen (secondary N) is 1. The van der Waals surface area contributed by atoms with Crippen molar-refractivity contribution >= 4 is 6.09 Å². The summed E-state index contributed by atoms with van der Waals surface area (Å²) in [4.78, 5) is 14.0. The summed E-state index contributed by atoms with van der Waals surface area (Å²) in [6, 6.07) is 15.0. The molecule has 0 unspecified atom stereocenters. The Morgan fingerprint density at radius 2 is 1.83 bits per heavy atom. The zero-order valence-corrected chi connectivity index (χ0v) is 17.3. The first-order valence-electron chi connectivity index (χ1n) is 10.2. The molecule has 7 heteroatoms. The van der Waals surface area contributed by atoms with E-state index in [4.69, 9.17) is 9.47 Å². The van der Waals surface area contributed by atoms with Crippen LogP contribution in [0, 0.1) is 0 Å². The fourth-order valence-corrected chi connectivity index (χ4v) is 3.95. The molecular formula is C23H28F2N2O3. The Kier molecular flexibility index (Phi) is 7.63. The third-order valence-electron chi connectivity index (χ3n) is 5.53. The first-order valence-corrected chi connectivity index (χ1v) is 10.2. The van der Waals surface area contributed by atoms with Gasteiger partial charge in [-0.05, 0) is 36.1 Å². The van der Waals surface area contributed by atoms with E-state index in [0.717, 1.165) is 16.9 Å². The number of alkyl halides is 2. The molecule has 2 aromatic carbocycles. The van der Waals surface area contributed by atoms with Gasteiger partial charge in [0.1, 0.15) is 12.4 Å². The van der Waals surface area contributed by atoms with Gasteiger partial charge in [0.15, 0.2) is 0 Å². The van der Waals surface area contributed by atoms with Crippen LogP contribution in [-0.2, 0) is 17.9 Å². The average molecular weight is 418 g/mol. The number of carbonyl (C=O) groups is 1. The van der Waals surface area contributed by atoms with Crippen molar-refractivity contribution in [3.63, 3.8) is 0 Å². The van der Waals surface area contributed by atoms with Gasteiger partial charge in [-0.2, -0.15) is 0 Å². The number of amides is 1. The maximum atomic E-state index is 13.8. The molecule has 1 saturated heterocycles. The number of halogens is 2. The van der Waals surface area contributed by atoms with E-state index in [-0.39, 0.29) is 25.1 Å². The van der Waals surface area contributed by atoms with Crippen LogP contribution < -0.4 is 10.1 Å². The van der Waals surface area contributed by atoms with Crippen molar-refractivity contribution in [3.8, 4) is 5.75 Å². The van der Waals surface area contributed by atoms with Gasteiger partial charge >= 0.3 is 6.09 Å². The number of benzene rings is 2. The summed E-state index contributed by atoms with van der Waals surface area (Å²) in [5.41, 5.74) is 1.84. The highest BCUT2D eigenvalue weighted by Gasteiger charge is 2.47. The summed E-state index contributed by atoms with van der Waals surface area (Å²) in [6.45, 7) is 2.48. The first kappa shape index (κ1) is 22.0. The number of hydrogen-bond donors (Lipinski definition) is 1. The summed E-state index contributed by atoms with van der Waals surface area (Å²) in [5, 5.41) is 3.36.